The Morgan fingerprint density at radius 3 is 1.30 bits per heavy atom. The van der Waals surface area contributed by atoms with Gasteiger partial charge in [0.2, 0.25) is 11.6 Å². The van der Waals surface area contributed by atoms with E-state index in [0.29, 0.717) is 26.2 Å². The van der Waals surface area contributed by atoms with Crippen LogP contribution in [0.4, 0.5) is 9.59 Å². The number of nitrogens with one attached hydrogen (secondary N) is 2. The fourth-order valence-corrected chi connectivity index (χ4v) is 2.60. The molecule has 0 atom stereocenters. The van der Waals surface area contributed by atoms with Crippen molar-refractivity contribution in [3.8, 4) is 0 Å². The van der Waals surface area contributed by atoms with E-state index in [0.717, 1.165) is 0 Å². The molecule has 0 spiro atoms. The highest BCUT2D eigenvalue weighted by Gasteiger charge is 2.45. The first-order valence-corrected chi connectivity index (χ1v) is 10.3. The Kier molecular flexibility index (Phi) is 8.25. The molecule has 0 aromatic carbocycles. The first-order chi connectivity index (χ1) is 14.4. The van der Waals surface area contributed by atoms with Gasteiger partial charge in [-0.3, -0.25) is 20.2 Å². The van der Waals surface area contributed by atoms with Gasteiger partial charge in [0.15, 0.2) is 0 Å². The van der Waals surface area contributed by atoms with Crippen molar-refractivity contribution in [3.63, 3.8) is 0 Å². The summed E-state index contributed by atoms with van der Waals surface area (Å²) in [6.45, 7) is 10.2. The number of unbranched alkanes of at least 4 members (excludes halogenated alkanes) is 1. The molecular weight excluding hydrogens is 392 g/mol. The van der Waals surface area contributed by atoms with Crippen molar-refractivity contribution in [3.05, 3.63) is 22.8 Å². The zero-order valence-electron chi connectivity index (χ0n) is 18.0. The smallest absolute Gasteiger partial charge is 0.411 e. The molecule has 3 aliphatic rings. The number of carbonyl (C=O) groups is 4. The first kappa shape index (κ1) is 23.2. The van der Waals surface area contributed by atoms with E-state index < -0.39 is 23.8 Å². The van der Waals surface area contributed by atoms with Crippen LogP contribution in [0.3, 0.4) is 0 Å². The number of alkyl carbamates (subject to hydrolysis) is 2. The molecule has 30 heavy (non-hydrogen) atoms. The van der Waals surface area contributed by atoms with Gasteiger partial charge >= 0.3 is 12.2 Å². The number of amides is 2. The maximum absolute atomic E-state index is 13.0. The summed E-state index contributed by atoms with van der Waals surface area (Å²) in [7, 11) is 0. The number of ketones is 2. The Balaban J connectivity index is 0.000000735. The number of carbonyl (C=O) groups excluding carboxylic acids is 4. The van der Waals surface area contributed by atoms with E-state index in [4.69, 9.17) is 9.47 Å². The molecule has 0 aromatic rings. The van der Waals surface area contributed by atoms with E-state index in [1.165, 1.54) is 12.8 Å². The summed E-state index contributed by atoms with van der Waals surface area (Å²) in [4.78, 5) is 52.9. The Labute approximate surface area is 176 Å². The lowest BCUT2D eigenvalue weighted by molar-refractivity contribution is -0.118. The van der Waals surface area contributed by atoms with Crippen molar-refractivity contribution in [2.24, 2.45) is 0 Å². The molecule has 0 saturated carbocycles. The van der Waals surface area contributed by atoms with Crippen molar-refractivity contribution in [2.45, 2.75) is 40.5 Å². The Bertz CT molecular complexity index is 701. The molecule has 2 saturated heterocycles. The van der Waals surface area contributed by atoms with E-state index in [9.17, 15) is 19.2 Å². The van der Waals surface area contributed by atoms with Crippen molar-refractivity contribution < 1.29 is 28.7 Å². The second kappa shape index (κ2) is 10.7. The zero-order valence-corrected chi connectivity index (χ0v) is 18.0. The minimum Gasteiger partial charge on any atom is -0.450 e. The SMILES string of the molecule is CCCC.CCOC(=O)NC1=C(N2CC2)C(=O)C(NC(=O)OCC)=C(N2CC2)C1=O. The molecule has 3 rings (SSSR count). The number of ether oxygens (including phenoxy) is 2. The summed E-state index contributed by atoms with van der Waals surface area (Å²) in [5, 5.41) is 4.77. The van der Waals surface area contributed by atoms with Gasteiger partial charge in [0.25, 0.3) is 0 Å². The summed E-state index contributed by atoms with van der Waals surface area (Å²) >= 11 is 0. The van der Waals surface area contributed by atoms with Gasteiger partial charge in [-0.2, -0.15) is 0 Å². The van der Waals surface area contributed by atoms with Gasteiger partial charge in [0.1, 0.15) is 22.8 Å². The lowest BCUT2D eigenvalue weighted by atomic mass is 9.98. The van der Waals surface area contributed by atoms with Gasteiger partial charge in [-0.1, -0.05) is 26.7 Å². The van der Waals surface area contributed by atoms with Crippen LogP contribution >= 0.6 is 0 Å². The highest BCUT2D eigenvalue weighted by Crippen LogP contribution is 2.32. The fraction of sp³-hybridized carbons (Fsp3) is 0.600. The lowest BCUT2D eigenvalue weighted by Gasteiger charge is -2.25. The van der Waals surface area contributed by atoms with Gasteiger partial charge in [0, 0.05) is 26.2 Å². The van der Waals surface area contributed by atoms with Crippen molar-refractivity contribution in [1.82, 2.24) is 20.4 Å². The summed E-state index contributed by atoms with van der Waals surface area (Å²) < 4.78 is 9.65. The predicted octanol–water partition coefficient (Wildman–Crippen LogP) is 1.49. The topological polar surface area (TPSA) is 117 Å². The molecule has 2 heterocycles. The van der Waals surface area contributed by atoms with Crippen molar-refractivity contribution in [2.75, 3.05) is 39.4 Å². The van der Waals surface area contributed by atoms with Crippen LogP contribution in [-0.2, 0) is 19.1 Å². The largest absolute Gasteiger partial charge is 0.450 e. The van der Waals surface area contributed by atoms with Gasteiger partial charge in [0.05, 0.1) is 13.2 Å². The molecule has 0 aromatic heterocycles. The van der Waals surface area contributed by atoms with Crippen LogP contribution in [0.2, 0.25) is 0 Å². The molecule has 10 heteroatoms. The predicted molar refractivity (Wildman–Crippen MR) is 108 cm³/mol. The maximum Gasteiger partial charge on any atom is 0.411 e. The van der Waals surface area contributed by atoms with Crippen LogP contribution in [0.5, 0.6) is 0 Å². The lowest BCUT2D eigenvalue weighted by Crippen LogP contribution is -2.43. The normalized spacial score (nSPS) is 17.3. The summed E-state index contributed by atoms with van der Waals surface area (Å²) in [5.74, 6) is -1.08. The summed E-state index contributed by atoms with van der Waals surface area (Å²) in [5.41, 5.74) is -0.134. The highest BCUT2D eigenvalue weighted by atomic mass is 16.6. The third-order valence-electron chi connectivity index (χ3n) is 4.39. The second-order valence-corrected chi connectivity index (χ2v) is 6.77. The minimum absolute atomic E-state index is 0.0560. The number of rotatable bonds is 7. The van der Waals surface area contributed by atoms with Gasteiger partial charge < -0.3 is 19.3 Å². The molecule has 0 radical (unpaired) electrons. The van der Waals surface area contributed by atoms with Crippen molar-refractivity contribution in [1.29, 1.82) is 0 Å². The number of hydrogen-bond acceptors (Lipinski definition) is 8. The highest BCUT2D eigenvalue weighted by molar-refractivity contribution is 6.25. The Hall–Kier alpha value is -3.04. The van der Waals surface area contributed by atoms with Gasteiger partial charge in [-0.25, -0.2) is 9.59 Å². The molecule has 2 aliphatic heterocycles. The average molecular weight is 422 g/mol. The van der Waals surface area contributed by atoms with E-state index in [1.807, 2.05) is 0 Å². The molecule has 2 amide bonds. The van der Waals surface area contributed by atoms with E-state index >= 15 is 0 Å². The van der Waals surface area contributed by atoms with Crippen LogP contribution < -0.4 is 10.6 Å². The first-order valence-electron chi connectivity index (χ1n) is 10.3. The Morgan fingerprint density at radius 2 is 1.07 bits per heavy atom. The van der Waals surface area contributed by atoms with Crippen LogP contribution in [0.1, 0.15) is 40.5 Å². The van der Waals surface area contributed by atoms with Crippen LogP contribution in [0.15, 0.2) is 22.8 Å². The maximum atomic E-state index is 13.0. The average Bonchev–Trinajstić information content (AvgIpc) is 3.60. The van der Waals surface area contributed by atoms with Gasteiger partial charge in [-0.15, -0.1) is 0 Å². The molecule has 10 nitrogen and oxygen atoms in total. The molecule has 0 unspecified atom stereocenters. The van der Waals surface area contributed by atoms with Gasteiger partial charge in [-0.05, 0) is 13.8 Å². The second-order valence-electron chi connectivity index (χ2n) is 6.77. The van der Waals surface area contributed by atoms with Crippen LogP contribution in [0, 0.1) is 0 Å². The number of nitrogens with zero attached hydrogens (tertiary/aromatic N) is 2. The number of hydrogen-bond donors (Lipinski definition) is 2. The van der Waals surface area contributed by atoms with E-state index in [2.05, 4.69) is 24.5 Å². The molecular formula is C20H30N4O6. The van der Waals surface area contributed by atoms with Crippen molar-refractivity contribution >= 4 is 23.8 Å². The third-order valence-corrected chi connectivity index (χ3v) is 4.39. The number of Topliss-reactive ketones (excluding diaryl/α,β-unsaturated/α-hetero) is 2. The third kappa shape index (κ3) is 5.74. The molecule has 2 fully saturated rings. The molecule has 1 aliphatic carbocycles. The van der Waals surface area contributed by atoms with Crippen LogP contribution in [-0.4, -0.2) is 72.9 Å². The van der Waals surface area contributed by atoms with E-state index in [-0.39, 0.29) is 36.0 Å². The minimum atomic E-state index is -0.810. The molecule has 2 N–H and O–H groups in total. The standard InChI is InChI=1S/C16H20N4O6.C4H10/c1-3-25-15(23)17-9-11(19-5-6-19)14(22)10(18-16(24)26-4-2)12(13(9)21)20-7-8-20;1-3-4-2/h3-8H2,1-2H3,(H,17,23)(H,18,24);3-4H2,1-2H3. The zero-order chi connectivity index (χ0) is 22.3. The van der Waals surface area contributed by atoms with Crippen LogP contribution in [0.25, 0.3) is 0 Å². The molecule has 166 valence electrons. The van der Waals surface area contributed by atoms with E-state index in [1.54, 1.807) is 23.6 Å². The monoisotopic (exact) mass is 422 g/mol. The summed E-state index contributed by atoms with van der Waals surface area (Å²) in [6, 6.07) is 0. The molecule has 0 bridgehead atoms. The summed E-state index contributed by atoms with van der Waals surface area (Å²) in [6.07, 6.45) is 1.02. The quantitative estimate of drug-likeness (QED) is 0.468. The fourth-order valence-electron chi connectivity index (χ4n) is 2.60. The Morgan fingerprint density at radius 1 is 0.733 bits per heavy atom.